The zero-order valence-electron chi connectivity index (χ0n) is 6.77. The molecule has 2 heterocycles. The van der Waals surface area contributed by atoms with Crippen LogP contribution in [-0.2, 0) is 0 Å². The molecular formula is C6H6N6S. The van der Waals surface area contributed by atoms with Gasteiger partial charge in [0.15, 0.2) is 0 Å². The zero-order chi connectivity index (χ0) is 9.42. The third kappa shape index (κ3) is 1.11. The minimum Gasteiger partial charge on any atom is -0.383 e. The normalized spacial score (nSPS) is 14.8. The molecule has 6 nitrogen and oxygen atoms in total. The molecule has 0 unspecified atom stereocenters. The number of nitrogens with one attached hydrogen (secondary N) is 1. The number of fused-ring (bicyclic) bond motifs is 1. The molecule has 0 saturated heterocycles. The lowest BCUT2D eigenvalue weighted by atomic mass is 10.6. The van der Waals surface area contributed by atoms with Crippen LogP contribution in [0.1, 0.15) is 5.82 Å². The topological polar surface area (TPSA) is 92.6 Å². The predicted molar refractivity (Wildman–Crippen MR) is 46.8 cm³/mol. The van der Waals surface area contributed by atoms with Crippen LogP contribution in [0.4, 0.5) is 0 Å². The van der Waals surface area contributed by atoms with Gasteiger partial charge in [0, 0.05) is 0 Å². The summed E-state index contributed by atoms with van der Waals surface area (Å²) in [7, 11) is 0. The van der Waals surface area contributed by atoms with Gasteiger partial charge in [-0.1, -0.05) is 0 Å². The van der Waals surface area contributed by atoms with Crippen molar-refractivity contribution in [3.63, 3.8) is 0 Å². The third-order valence-corrected chi connectivity index (χ3v) is 2.53. The van der Waals surface area contributed by atoms with Gasteiger partial charge in [-0.15, -0.1) is 10.2 Å². The summed E-state index contributed by atoms with van der Waals surface area (Å²) in [5.41, 5.74) is 8.40. The second kappa shape index (κ2) is 2.67. The van der Waals surface area contributed by atoms with Gasteiger partial charge in [0.05, 0.1) is 0 Å². The van der Waals surface area contributed by atoms with Crippen LogP contribution in [0.15, 0.2) is 15.9 Å². The number of aromatic nitrogens is 3. The van der Waals surface area contributed by atoms with E-state index in [1.807, 2.05) is 6.07 Å². The number of allylic oxidation sites excluding steroid dienone is 1. The van der Waals surface area contributed by atoms with Gasteiger partial charge in [-0.05, 0) is 18.7 Å². The van der Waals surface area contributed by atoms with Crippen molar-refractivity contribution in [2.24, 2.45) is 5.73 Å². The lowest BCUT2D eigenvalue weighted by molar-refractivity contribution is 0.767. The van der Waals surface area contributed by atoms with Gasteiger partial charge >= 0.3 is 0 Å². The Morgan fingerprint density at radius 3 is 3.08 bits per heavy atom. The summed E-state index contributed by atoms with van der Waals surface area (Å²) in [5, 5.41) is 17.0. The molecule has 0 aromatic carbocycles. The third-order valence-electron chi connectivity index (χ3n) is 1.57. The van der Waals surface area contributed by atoms with E-state index in [2.05, 4.69) is 15.6 Å². The van der Waals surface area contributed by atoms with E-state index in [0.717, 1.165) is 0 Å². The first-order valence-corrected chi connectivity index (χ1v) is 4.31. The maximum atomic E-state index is 8.69. The molecule has 1 aromatic heterocycles. The van der Waals surface area contributed by atoms with Crippen molar-refractivity contribution >= 4 is 11.8 Å². The molecule has 3 N–H and O–H groups in total. The number of thioether (sulfide) groups is 1. The monoisotopic (exact) mass is 194 g/mol. The van der Waals surface area contributed by atoms with Crippen molar-refractivity contribution in [3.05, 3.63) is 16.6 Å². The fourth-order valence-corrected chi connectivity index (χ4v) is 1.67. The van der Waals surface area contributed by atoms with E-state index in [1.165, 1.54) is 11.8 Å². The smallest absolute Gasteiger partial charge is 0.215 e. The first kappa shape index (κ1) is 7.94. The maximum absolute atomic E-state index is 8.69. The van der Waals surface area contributed by atoms with E-state index in [4.69, 9.17) is 11.0 Å². The number of hydrogen-bond donors (Lipinski definition) is 2. The highest BCUT2D eigenvalue weighted by Crippen LogP contribution is 2.28. The number of rotatable bonds is 0. The Morgan fingerprint density at radius 1 is 1.62 bits per heavy atom. The van der Waals surface area contributed by atoms with Gasteiger partial charge in [-0.3, -0.25) is 5.43 Å². The molecule has 0 amide bonds. The Morgan fingerprint density at radius 2 is 2.38 bits per heavy atom. The van der Waals surface area contributed by atoms with Crippen LogP contribution >= 0.6 is 11.8 Å². The van der Waals surface area contributed by atoms with E-state index in [9.17, 15) is 0 Å². The highest BCUT2D eigenvalue weighted by molar-refractivity contribution is 8.03. The molecule has 2 rings (SSSR count). The predicted octanol–water partition coefficient (Wildman–Crippen LogP) is -0.113. The summed E-state index contributed by atoms with van der Waals surface area (Å²) in [5.74, 6) is 1.05. The number of nitriles is 1. The van der Waals surface area contributed by atoms with Crippen LogP contribution in [0.2, 0.25) is 0 Å². The minimum absolute atomic E-state index is 0.336. The average molecular weight is 194 g/mol. The number of aryl methyl sites for hydroxylation is 1. The summed E-state index contributed by atoms with van der Waals surface area (Å²) in [6, 6.07) is 1.98. The van der Waals surface area contributed by atoms with Crippen molar-refractivity contribution in [1.29, 1.82) is 5.26 Å². The van der Waals surface area contributed by atoms with Crippen molar-refractivity contribution in [3.8, 4) is 6.07 Å². The lowest BCUT2D eigenvalue weighted by Gasteiger charge is -2.16. The Labute approximate surface area is 78.4 Å². The quantitative estimate of drug-likeness (QED) is 0.598. The highest BCUT2D eigenvalue weighted by Gasteiger charge is 2.19. The molecule has 0 saturated carbocycles. The van der Waals surface area contributed by atoms with Crippen LogP contribution in [0.3, 0.4) is 0 Å². The molecule has 66 valence electrons. The van der Waals surface area contributed by atoms with Crippen LogP contribution in [0.25, 0.3) is 0 Å². The van der Waals surface area contributed by atoms with Crippen LogP contribution < -0.4 is 11.2 Å². The average Bonchev–Trinajstić information content (AvgIpc) is 2.47. The number of hydrogen-bond acceptors (Lipinski definition) is 6. The molecule has 0 spiro atoms. The minimum atomic E-state index is 0.336. The van der Waals surface area contributed by atoms with E-state index in [1.54, 1.807) is 11.6 Å². The summed E-state index contributed by atoms with van der Waals surface area (Å²) in [4.78, 5) is 0.417. The molecular weight excluding hydrogens is 188 g/mol. The fourth-order valence-electron chi connectivity index (χ4n) is 0.938. The fraction of sp³-hybridized carbons (Fsp3) is 0.167. The van der Waals surface area contributed by atoms with E-state index < -0.39 is 0 Å². The summed E-state index contributed by atoms with van der Waals surface area (Å²) in [6.45, 7) is 1.80. The standard InChI is InChI=1S/C6H6N6S/c1-3-9-10-6-12(3)11-5(8)4(2-7)13-6/h11H,8H2,1H3. The van der Waals surface area contributed by atoms with Gasteiger partial charge in [0.1, 0.15) is 22.6 Å². The van der Waals surface area contributed by atoms with Gasteiger partial charge in [0.25, 0.3) is 0 Å². The SMILES string of the molecule is Cc1nnc2n1NC(N)=C(C#N)S2. The van der Waals surface area contributed by atoms with Crippen LogP contribution in [-0.4, -0.2) is 14.9 Å². The molecule has 0 radical (unpaired) electrons. The number of nitrogens with two attached hydrogens (primary N) is 1. The van der Waals surface area contributed by atoms with E-state index in [0.29, 0.717) is 21.7 Å². The molecule has 0 atom stereocenters. The molecule has 0 aliphatic carbocycles. The van der Waals surface area contributed by atoms with Gasteiger partial charge in [0.2, 0.25) is 5.16 Å². The Bertz CT molecular complexity index is 425. The Balaban J connectivity index is 2.45. The van der Waals surface area contributed by atoms with Crippen LogP contribution in [0.5, 0.6) is 0 Å². The molecule has 7 heteroatoms. The maximum Gasteiger partial charge on any atom is 0.215 e. The summed E-state index contributed by atoms with van der Waals surface area (Å²) < 4.78 is 1.64. The van der Waals surface area contributed by atoms with Crippen molar-refractivity contribution in [2.75, 3.05) is 5.43 Å². The van der Waals surface area contributed by atoms with E-state index >= 15 is 0 Å². The zero-order valence-corrected chi connectivity index (χ0v) is 7.59. The lowest BCUT2D eigenvalue weighted by Crippen LogP contribution is -2.25. The highest BCUT2D eigenvalue weighted by atomic mass is 32.2. The Hall–Kier alpha value is -1.68. The summed E-state index contributed by atoms with van der Waals surface area (Å²) in [6.07, 6.45) is 0. The molecule has 1 aromatic rings. The molecule has 0 bridgehead atoms. The number of nitrogens with zero attached hydrogens (tertiary/aromatic N) is 4. The van der Waals surface area contributed by atoms with Gasteiger partial charge in [-0.2, -0.15) is 5.26 Å². The van der Waals surface area contributed by atoms with Crippen molar-refractivity contribution in [2.45, 2.75) is 12.1 Å². The van der Waals surface area contributed by atoms with Gasteiger partial charge < -0.3 is 5.73 Å². The first-order valence-electron chi connectivity index (χ1n) is 3.49. The molecule has 1 aliphatic heterocycles. The van der Waals surface area contributed by atoms with E-state index in [-0.39, 0.29) is 0 Å². The van der Waals surface area contributed by atoms with Gasteiger partial charge in [-0.25, -0.2) is 4.68 Å². The Kier molecular flexibility index (Phi) is 1.63. The van der Waals surface area contributed by atoms with Crippen molar-refractivity contribution in [1.82, 2.24) is 14.9 Å². The van der Waals surface area contributed by atoms with Crippen molar-refractivity contribution < 1.29 is 0 Å². The molecule has 13 heavy (non-hydrogen) atoms. The second-order valence-electron chi connectivity index (χ2n) is 2.43. The molecule has 0 fully saturated rings. The largest absolute Gasteiger partial charge is 0.383 e. The van der Waals surface area contributed by atoms with Crippen LogP contribution in [0, 0.1) is 18.3 Å². The first-order chi connectivity index (χ1) is 6.22. The molecule has 1 aliphatic rings. The summed E-state index contributed by atoms with van der Waals surface area (Å²) >= 11 is 1.21. The second-order valence-corrected chi connectivity index (χ2v) is 3.41.